The molecule has 0 saturated carbocycles. The maximum absolute atomic E-state index is 13.0. The minimum absolute atomic E-state index is 0.00647. The van der Waals surface area contributed by atoms with Crippen molar-refractivity contribution in [1.82, 2.24) is 0 Å². The van der Waals surface area contributed by atoms with Gasteiger partial charge in [0.05, 0.1) is 6.54 Å². The average Bonchev–Trinajstić information content (AvgIpc) is 2.94. The second-order valence-electron chi connectivity index (χ2n) is 4.89. The number of alkyl halides is 2. The van der Waals surface area contributed by atoms with E-state index < -0.39 is 6.29 Å². The van der Waals surface area contributed by atoms with E-state index in [-0.39, 0.29) is 11.5 Å². The summed E-state index contributed by atoms with van der Waals surface area (Å²) in [5.41, 5.74) is 2.50. The lowest BCUT2D eigenvalue weighted by Gasteiger charge is -2.18. The van der Waals surface area contributed by atoms with Crippen LogP contribution in [-0.4, -0.2) is 12.1 Å². The summed E-state index contributed by atoms with van der Waals surface area (Å²) in [6.45, 7) is 0.533. The largest absolute Gasteiger partial charge is 0.586 e. The van der Waals surface area contributed by atoms with Gasteiger partial charge in [-0.25, -0.2) is 0 Å². The third-order valence-electron chi connectivity index (χ3n) is 3.57. The van der Waals surface area contributed by atoms with Gasteiger partial charge in [0.25, 0.3) is 0 Å². The SMILES string of the molecule is N=C1c2ccccc2CN1c1ccc2c(c1)OC(F)(F)O2. The number of fused-ring (bicyclic) bond motifs is 2. The van der Waals surface area contributed by atoms with Crippen LogP contribution in [-0.2, 0) is 6.54 Å². The van der Waals surface area contributed by atoms with E-state index in [1.165, 1.54) is 12.1 Å². The molecule has 0 bridgehead atoms. The van der Waals surface area contributed by atoms with E-state index in [1.54, 1.807) is 11.0 Å². The van der Waals surface area contributed by atoms with Gasteiger partial charge < -0.3 is 14.4 Å². The Morgan fingerprint density at radius 2 is 1.81 bits per heavy atom. The van der Waals surface area contributed by atoms with Gasteiger partial charge in [-0.15, -0.1) is 8.78 Å². The molecule has 2 aliphatic rings. The van der Waals surface area contributed by atoms with Crippen LogP contribution in [0.25, 0.3) is 0 Å². The molecule has 1 N–H and O–H groups in total. The third kappa shape index (κ3) is 1.83. The number of hydrogen-bond donors (Lipinski definition) is 1. The second kappa shape index (κ2) is 3.94. The maximum atomic E-state index is 13.0. The minimum Gasteiger partial charge on any atom is -0.395 e. The number of amidine groups is 1. The summed E-state index contributed by atoms with van der Waals surface area (Å²) in [5.74, 6) is 0.337. The fourth-order valence-corrected chi connectivity index (χ4v) is 2.61. The number of nitrogens with one attached hydrogen (secondary N) is 1. The van der Waals surface area contributed by atoms with E-state index in [0.29, 0.717) is 18.1 Å². The normalized spacial score (nSPS) is 18.0. The van der Waals surface area contributed by atoms with Gasteiger partial charge in [-0.05, 0) is 17.7 Å². The van der Waals surface area contributed by atoms with Crippen molar-refractivity contribution in [3.8, 4) is 11.5 Å². The molecule has 0 aliphatic carbocycles. The first-order valence-electron chi connectivity index (χ1n) is 6.38. The molecule has 0 unspecified atom stereocenters. The molecule has 0 amide bonds. The molecule has 6 heteroatoms. The molecule has 2 aliphatic heterocycles. The smallest absolute Gasteiger partial charge is 0.395 e. The standard InChI is InChI=1S/C15H10F2N2O2/c16-15(17)20-12-6-5-10(7-13(12)21-15)19-8-9-3-1-2-4-11(9)14(19)18/h1-7,18H,8H2. The summed E-state index contributed by atoms with van der Waals surface area (Å²) >= 11 is 0. The Morgan fingerprint density at radius 3 is 2.62 bits per heavy atom. The van der Waals surface area contributed by atoms with Gasteiger partial charge in [0.1, 0.15) is 5.84 Å². The van der Waals surface area contributed by atoms with Crippen LogP contribution in [0, 0.1) is 5.41 Å². The van der Waals surface area contributed by atoms with Crippen molar-refractivity contribution < 1.29 is 18.3 Å². The predicted molar refractivity (Wildman–Crippen MR) is 72.1 cm³/mol. The molecule has 0 atom stereocenters. The van der Waals surface area contributed by atoms with Gasteiger partial charge in [-0.2, -0.15) is 0 Å². The summed E-state index contributed by atoms with van der Waals surface area (Å²) in [4.78, 5) is 1.74. The lowest BCUT2D eigenvalue weighted by molar-refractivity contribution is -0.286. The van der Waals surface area contributed by atoms with Crippen LogP contribution < -0.4 is 14.4 Å². The monoisotopic (exact) mass is 288 g/mol. The van der Waals surface area contributed by atoms with Crippen LogP contribution in [0.4, 0.5) is 14.5 Å². The fourth-order valence-electron chi connectivity index (χ4n) is 2.61. The Morgan fingerprint density at radius 1 is 1.05 bits per heavy atom. The van der Waals surface area contributed by atoms with Gasteiger partial charge in [-0.1, -0.05) is 24.3 Å². The minimum atomic E-state index is -3.62. The summed E-state index contributed by atoms with van der Waals surface area (Å²) in [7, 11) is 0. The Hall–Kier alpha value is -2.63. The number of ether oxygens (including phenoxy) is 2. The predicted octanol–water partition coefficient (Wildman–Crippen LogP) is 3.35. The summed E-state index contributed by atoms with van der Waals surface area (Å²) in [5, 5.41) is 8.21. The highest BCUT2D eigenvalue weighted by Crippen LogP contribution is 2.43. The van der Waals surface area contributed by atoms with Crippen LogP contribution >= 0.6 is 0 Å². The summed E-state index contributed by atoms with van der Waals surface area (Å²) in [6.07, 6.45) is -3.62. The first-order valence-corrected chi connectivity index (χ1v) is 6.38. The molecule has 4 rings (SSSR count). The van der Waals surface area contributed by atoms with Crippen molar-refractivity contribution in [3.63, 3.8) is 0 Å². The van der Waals surface area contributed by atoms with Gasteiger partial charge in [-0.3, -0.25) is 5.41 Å². The summed E-state index contributed by atoms with van der Waals surface area (Å²) in [6, 6.07) is 12.2. The molecular weight excluding hydrogens is 278 g/mol. The number of rotatable bonds is 1. The van der Waals surface area contributed by atoms with E-state index in [2.05, 4.69) is 9.47 Å². The number of hydrogen-bond acceptors (Lipinski definition) is 3. The molecule has 4 nitrogen and oxygen atoms in total. The molecule has 106 valence electrons. The Balaban J connectivity index is 1.70. The molecule has 0 spiro atoms. The van der Waals surface area contributed by atoms with Crippen molar-refractivity contribution >= 4 is 11.5 Å². The zero-order valence-corrected chi connectivity index (χ0v) is 10.8. The van der Waals surface area contributed by atoms with Crippen LogP contribution in [0.3, 0.4) is 0 Å². The Kier molecular flexibility index (Phi) is 2.28. The lowest BCUT2D eigenvalue weighted by atomic mass is 10.1. The Labute approximate surface area is 119 Å². The van der Waals surface area contributed by atoms with Gasteiger partial charge in [0.15, 0.2) is 11.5 Å². The van der Waals surface area contributed by atoms with Gasteiger partial charge in [0, 0.05) is 17.3 Å². The van der Waals surface area contributed by atoms with Crippen LogP contribution in [0.15, 0.2) is 42.5 Å². The molecule has 0 fully saturated rings. The lowest BCUT2D eigenvalue weighted by Crippen LogP contribution is -2.26. The highest BCUT2D eigenvalue weighted by Gasteiger charge is 2.43. The van der Waals surface area contributed by atoms with Crippen molar-refractivity contribution in [2.75, 3.05) is 4.90 Å². The first kappa shape index (κ1) is 12.1. The van der Waals surface area contributed by atoms with Crippen LogP contribution in [0.2, 0.25) is 0 Å². The van der Waals surface area contributed by atoms with Gasteiger partial charge >= 0.3 is 6.29 Å². The zero-order valence-electron chi connectivity index (χ0n) is 10.8. The first-order chi connectivity index (χ1) is 10.0. The average molecular weight is 288 g/mol. The summed E-state index contributed by atoms with van der Waals surface area (Å²) < 4.78 is 34.9. The molecule has 2 aromatic rings. The zero-order chi connectivity index (χ0) is 14.6. The van der Waals surface area contributed by atoms with Crippen LogP contribution in [0.1, 0.15) is 11.1 Å². The molecule has 0 aromatic heterocycles. The highest BCUT2D eigenvalue weighted by molar-refractivity contribution is 6.11. The number of nitrogens with zero attached hydrogens (tertiary/aromatic N) is 1. The molecule has 2 heterocycles. The molecule has 21 heavy (non-hydrogen) atoms. The highest BCUT2D eigenvalue weighted by atomic mass is 19.3. The van der Waals surface area contributed by atoms with E-state index in [9.17, 15) is 8.78 Å². The van der Waals surface area contributed by atoms with E-state index >= 15 is 0 Å². The third-order valence-corrected chi connectivity index (χ3v) is 3.57. The molecule has 2 aromatic carbocycles. The number of benzene rings is 2. The maximum Gasteiger partial charge on any atom is 0.586 e. The van der Waals surface area contributed by atoms with Gasteiger partial charge in [0.2, 0.25) is 0 Å². The van der Waals surface area contributed by atoms with E-state index in [0.717, 1.165) is 11.1 Å². The molecular formula is C15H10F2N2O2. The second-order valence-corrected chi connectivity index (χ2v) is 4.89. The quantitative estimate of drug-likeness (QED) is 0.875. The van der Waals surface area contributed by atoms with Crippen molar-refractivity contribution in [2.24, 2.45) is 0 Å². The van der Waals surface area contributed by atoms with E-state index in [1.807, 2.05) is 24.3 Å². The molecule has 0 saturated heterocycles. The number of halogens is 2. The molecule has 0 radical (unpaired) electrons. The fraction of sp³-hybridized carbons (Fsp3) is 0.133. The number of anilines is 1. The topological polar surface area (TPSA) is 45.6 Å². The van der Waals surface area contributed by atoms with Crippen molar-refractivity contribution in [1.29, 1.82) is 5.41 Å². The van der Waals surface area contributed by atoms with E-state index in [4.69, 9.17) is 5.41 Å². The van der Waals surface area contributed by atoms with Crippen molar-refractivity contribution in [3.05, 3.63) is 53.6 Å². The van der Waals surface area contributed by atoms with Crippen molar-refractivity contribution in [2.45, 2.75) is 12.8 Å². The van der Waals surface area contributed by atoms with Crippen LogP contribution in [0.5, 0.6) is 11.5 Å². The Bertz CT molecular complexity index is 761.